The van der Waals surface area contributed by atoms with Crippen molar-refractivity contribution in [1.82, 2.24) is 0 Å². The molecule has 4 nitrogen and oxygen atoms in total. The summed E-state index contributed by atoms with van der Waals surface area (Å²) < 4.78 is 24.1. The van der Waals surface area contributed by atoms with Crippen molar-refractivity contribution in [2.75, 3.05) is 0 Å². The Bertz CT molecular complexity index is 502. The molecular formula is C13H18O4S. The number of carboxylic acids is 1. The molecule has 0 saturated carbocycles. The number of aryl methyl sites for hydroxylation is 1. The third kappa shape index (κ3) is 3.84. The smallest absolute Gasteiger partial charge is 0.321 e. The van der Waals surface area contributed by atoms with Crippen LogP contribution in [0.2, 0.25) is 0 Å². The van der Waals surface area contributed by atoms with Gasteiger partial charge in [-0.25, -0.2) is 8.42 Å². The van der Waals surface area contributed by atoms with Gasteiger partial charge in [0.2, 0.25) is 0 Å². The number of carbonyl (C=O) groups is 1. The molecule has 0 aliphatic carbocycles. The van der Waals surface area contributed by atoms with Crippen LogP contribution in [0.5, 0.6) is 0 Å². The lowest BCUT2D eigenvalue weighted by Crippen LogP contribution is -2.31. The molecule has 1 N–H and O–H groups in total. The van der Waals surface area contributed by atoms with E-state index in [4.69, 9.17) is 5.11 Å². The molecule has 5 heteroatoms. The monoisotopic (exact) mass is 270 g/mol. The predicted octanol–water partition coefficient (Wildman–Crippen LogP) is 2.16. The van der Waals surface area contributed by atoms with Crippen LogP contribution in [0, 0.1) is 6.92 Å². The second-order valence-electron chi connectivity index (χ2n) is 4.41. The van der Waals surface area contributed by atoms with Gasteiger partial charge < -0.3 is 5.11 Å². The summed E-state index contributed by atoms with van der Waals surface area (Å²) in [4.78, 5) is 11.0. The number of benzene rings is 1. The van der Waals surface area contributed by atoms with Crippen molar-refractivity contribution in [1.29, 1.82) is 0 Å². The summed E-state index contributed by atoms with van der Waals surface area (Å²) in [5.41, 5.74) is 1.67. The molecule has 18 heavy (non-hydrogen) atoms. The molecule has 0 heterocycles. The number of sulfone groups is 1. The van der Waals surface area contributed by atoms with E-state index in [0.29, 0.717) is 12.0 Å². The SMILES string of the molecule is CCCC(C(=O)O)S(=O)(=O)Cc1ccc(C)cc1. The Hall–Kier alpha value is -1.36. The van der Waals surface area contributed by atoms with Gasteiger partial charge in [0.1, 0.15) is 0 Å². The van der Waals surface area contributed by atoms with Gasteiger partial charge in [0.05, 0.1) is 5.75 Å². The summed E-state index contributed by atoms with van der Waals surface area (Å²) in [7, 11) is -3.65. The van der Waals surface area contributed by atoms with Gasteiger partial charge in [-0.2, -0.15) is 0 Å². The van der Waals surface area contributed by atoms with Crippen LogP contribution in [0.1, 0.15) is 30.9 Å². The summed E-state index contributed by atoms with van der Waals surface area (Å²) >= 11 is 0. The molecule has 0 spiro atoms. The Labute approximate surface area is 108 Å². The Balaban J connectivity index is 2.92. The van der Waals surface area contributed by atoms with E-state index in [1.165, 1.54) is 0 Å². The quantitative estimate of drug-likeness (QED) is 0.860. The molecule has 1 atom stereocenters. The summed E-state index contributed by atoms with van der Waals surface area (Å²) in [6.07, 6.45) is 0.688. The van der Waals surface area contributed by atoms with Crippen LogP contribution in [0.15, 0.2) is 24.3 Å². The van der Waals surface area contributed by atoms with Crippen molar-refractivity contribution >= 4 is 15.8 Å². The summed E-state index contributed by atoms with van der Waals surface area (Å²) in [5.74, 6) is -1.48. The van der Waals surface area contributed by atoms with Crippen LogP contribution < -0.4 is 0 Å². The van der Waals surface area contributed by atoms with Crippen LogP contribution in [0.4, 0.5) is 0 Å². The van der Waals surface area contributed by atoms with Gasteiger partial charge in [-0.05, 0) is 18.9 Å². The highest BCUT2D eigenvalue weighted by molar-refractivity contribution is 7.92. The number of carboxylic acid groups (broad SMARTS) is 1. The first kappa shape index (κ1) is 14.7. The molecule has 0 aromatic heterocycles. The molecule has 0 bridgehead atoms. The van der Waals surface area contributed by atoms with E-state index in [1.54, 1.807) is 19.1 Å². The first-order chi connectivity index (χ1) is 8.36. The average molecular weight is 270 g/mol. The molecule has 0 saturated heterocycles. The zero-order chi connectivity index (χ0) is 13.8. The average Bonchev–Trinajstić information content (AvgIpc) is 2.28. The van der Waals surface area contributed by atoms with Gasteiger partial charge in [-0.1, -0.05) is 43.2 Å². The summed E-state index contributed by atoms with van der Waals surface area (Å²) in [6, 6.07) is 7.08. The first-order valence-electron chi connectivity index (χ1n) is 5.86. The standard InChI is InChI=1S/C13H18O4S/c1-3-4-12(13(14)15)18(16,17)9-11-7-5-10(2)6-8-11/h5-8,12H,3-4,9H2,1-2H3,(H,14,15). The molecule has 1 unspecified atom stereocenters. The van der Waals surface area contributed by atoms with E-state index in [9.17, 15) is 13.2 Å². The van der Waals surface area contributed by atoms with Crippen molar-refractivity contribution in [3.63, 3.8) is 0 Å². The second kappa shape index (κ2) is 6.00. The fourth-order valence-corrected chi connectivity index (χ4v) is 3.50. The zero-order valence-electron chi connectivity index (χ0n) is 10.6. The number of hydrogen-bond donors (Lipinski definition) is 1. The minimum Gasteiger partial charge on any atom is -0.480 e. The van der Waals surface area contributed by atoms with Gasteiger partial charge in [-0.15, -0.1) is 0 Å². The lowest BCUT2D eigenvalue weighted by Gasteiger charge is -2.12. The maximum absolute atomic E-state index is 12.0. The van der Waals surface area contributed by atoms with Crippen LogP contribution in [0.3, 0.4) is 0 Å². The Morgan fingerprint density at radius 2 is 1.83 bits per heavy atom. The lowest BCUT2D eigenvalue weighted by molar-refractivity contribution is -0.136. The van der Waals surface area contributed by atoms with E-state index >= 15 is 0 Å². The molecule has 0 fully saturated rings. The van der Waals surface area contributed by atoms with Gasteiger partial charge in [0.15, 0.2) is 15.1 Å². The van der Waals surface area contributed by atoms with Gasteiger partial charge in [-0.3, -0.25) is 4.79 Å². The van der Waals surface area contributed by atoms with Crippen molar-refractivity contribution in [3.05, 3.63) is 35.4 Å². The third-order valence-corrected chi connectivity index (χ3v) is 4.79. The highest BCUT2D eigenvalue weighted by Gasteiger charge is 2.31. The van der Waals surface area contributed by atoms with E-state index in [2.05, 4.69) is 0 Å². The molecule has 1 aromatic rings. The van der Waals surface area contributed by atoms with Gasteiger partial charge in [0, 0.05) is 0 Å². The molecule has 0 aliphatic rings. The van der Waals surface area contributed by atoms with Crippen LogP contribution in [-0.4, -0.2) is 24.7 Å². The molecule has 100 valence electrons. The lowest BCUT2D eigenvalue weighted by atomic mass is 10.2. The predicted molar refractivity (Wildman–Crippen MR) is 70.1 cm³/mol. The molecule has 1 aromatic carbocycles. The van der Waals surface area contributed by atoms with Crippen LogP contribution >= 0.6 is 0 Å². The van der Waals surface area contributed by atoms with E-state index in [1.807, 2.05) is 19.1 Å². The topological polar surface area (TPSA) is 71.4 Å². The van der Waals surface area contributed by atoms with Crippen molar-refractivity contribution < 1.29 is 18.3 Å². The molecule has 0 aliphatic heterocycles. The zero-order valence-corrected chi connectivity index (χ0v) is 11.4. The van der Waals surface area contributed by atoms with E-state index < -0.39 is 21.1 Å². The molecule has 0 amide bonds. The largest absolute Gasteiger partial charge is 0.480 e. The second-order valence-corrected chi connectivity index (χ2v) is 6.59. The Morgan fingerprint density at radius 1 is 1.28 bits per heavy atom. The highest BCUT2D eigenvalue weighted by Crippen LogP contribution is 2.16. The van der Waals surface area contributed by atoms with Crippen molar-refractivity contribution in [2.24, 2.45) is 0 Å². The Morgan fingerprint density at radius 3 is 2.28 bits per heavy atom. The van der Waals surface area contributed by atoms with Gasteiger partial charge in [0.25, 0.3) is 0 Å². The van der Waals surface area contributed by atoms with Crippen LogP contribution in [0.25, 0.3) is 0 Å². The van der Waals surface area contributed by atoms with E-state index in [-0.39, 0.29) is 12.2 Å². The number of aliphatic carboxylic acids is 1. The summed E-state index contributed by atoms with van der Waals surface area (Å²) in [5, 5.41) is 7.68. The van der Waals surface area contributed by atoms with E-state index in [0.717, 1.165) is 5.56 Å². The fourth-order valence-electron chi connectivity index (χ4n) is 1.74. The van der Waals surface area contributed by atoms with Crippen LogP contribution in [-0.2, 0) is 20.4 Å². The molecule has 1 rings (SSSR count). The number of hydrogen-bond acceptors (Lipinski definition) is 3. The minimum absolute atomic E-state index is 0.156. The minimum atomic E-state index is -3.65. The summed E-state index contributed by atoms with van der Waals surface area (Å²) in [6.45, 7) is 3.69. The Kier molecular flexibility index (Phi) is 4.90. The molecular weight excluding hydrogens is 252 g/mol. The normalized spacial score (nSPS) is 13.2. The van der Waals surface area contributed by atoms with Crippen molar-refractivity contribution in [2.45, 2.75) is 37.7 Å². The number of rotatable bonds is 6. The maximum Gasteiger partial charge on any atom is 0.321 e. The first-order valence-corrected chi connectivity index (χ1v) is 7.58. The molecule has 0 radical (unpaired) electrons. The third-order valence-electron chi connectivity index (χ3n) is 2.75. The highest BCUT2D eigenvalue weighted by atomic mass is 32.2. The fraction of sp³-hybridized carbons (Fsp3) is 0.462. The van der Waals surface area contributed by atoms with Crippen molar-refractivity contribution in [3.8, 4) is 0 Å². The van der Waals surface area contributed by atoms with Gasteiger partial charge >= 0.3 is 5.97 Å². The maximum atomic E-state index is 12.0.